The lowest BCUT2D eigenvalue weighted by Crippen LogP contribution is -2.31. The van der Waals surface area contributed by atoms with Gasteiger partial charge in [-0.25, -0.2) is 8.78 Å². The molecule has 2 N–H and O–H groups in total. The molecule has 15 heavy (non-hydrogen) atoms. The van der Waals surface area contributed by atoms with Crippen molar-refractivity contribution in [1.82, 2.24) is 0 Å². The molecule has 2 nitrogen and oxygen atoms in total. The summed E-state index contributed by atoms with van der Waals surface area (Å²) in [4.78, 5) is 0. The molecule has 4 heteroatoms. The third-order valence-corrected chi connectivity index (χ3v) is 2.62. The van der Waals surface area contributed by atoms with Crippen LogP contribution in [-0.4, -0.2) is 12.1 Å². The van der Waals surface area contributed by atoms with Gasteiger partial charge in [-0.2, -0.15) is 0 Å². The number of halogens is 2. The van der Waals surface area contributed by atoms with Gasteiger partial charge in [0.1, 0.15) is 0 Å². The summed E-state index contributed by atoms with van der Waals surface area (Å²) < 4.78 is 26.6. The first-order valence-corrected chi connectivity index (χ1v) is 5.00. The van der Waals surface area contributed by atoms with Gasteiger partial charge in [0.15, 0.2) is 11.6 Å². The number of benzene rings is 1. The molecule has 1 aliphatic rings. The summed E-state index contributed by atoms with van der Waals surface area (Å²) in [6.45, 7) is 4.68. The minimum atomic E-state index is -0.819. The second-order valence-corrected chi connectivity index (χ2v) is 4.47. The van der Waals surface area contributed by atoms with E-state index in [1.165, 1.54) is 0 Å². The van der Waals surface area contributed by atoms with E-state index in [9.17, 15) is 8.78 Å². The van der Waals surface area contributed by atoms with Crippen LogP contribution in [0.2, 0.25) is 0 Å². The monoisotopic (exact) mass is 212 g/mol. The number of rotatable bonds is 0. The molecule has 0 radical (unpaired) electrons. The van der Waals surface area contributed by atoms with E-state index < -0.39 is 11.6 Å². The fourth-order valence-electron chi connectivity index (χ4n) is 1.73. The molecule has 0 saturated carbocycles. The van der Waals surface area contributed by atoms with E-state index in [0.717, 1.165) is 19.0 Å². The zero-order chi connectivity index (χ0) is 11.1. The molecular weight excluding hydrogens is 198 g/mol. The normalized spacial score (nSPS) is 18.4. The van der Waals surface area contributed by atoms with Gasteiger partial charge in [0, 0.05) is 12.1 Å². The van der Waals surface area contributed by atoms with E-state index >= 15 is 0 Å². The van der Waals surface area contributed by atoms with Crippen LogP contribution in [-0.2, 0) is 0 Å². The lowest BCUT2D eigenvalue weighted by Gasteiger charge is -2.25. The van der Waals surface area contributed by atoms with Crippen molar-refractivity contribution in [2.45, 2.75) is 25.8 Å². The molecule has 0 bridgehead atoms. The van der Waals surface area contributed by atoms with E-state index in [0.29, 0.717) is 5.69 Å². The van der Waals surface area contributed by atoms with Crippen LogP contribution >= 0.6 is 0 Å². The molecule has 1 aromatic rings. The van der Waals surface area contributed by atoms with Gasteiger partial charge in [-0.05, 0) is 32.4 Å². The highest BCUT2D eigenvalue weighted by molar-refractivity contribution is 5.71. The summed E-state index contributed by atoms with van der Waals surface area (Å²) in [5, 5.41) is 6.11. The standard InChI is InChI=1S/C11H14F2N2/c1-11(2)5-6-14-8-4-3-7(12)9(13)10(8)15-11/h3-4,14-15H,5-6H2,1-2H3. The molecule has 1 aliphatic heterocycles. The van der Waals surface area contributed by atoms with Crippen molar-refractivity contribution in [3.8, 4) is 0 Å². The van der Waals surface area contributed by atoms with Crippen LogP contribution in [0, 0.1) is 11.6 Å². The molecular formula is C11H14F2N2. The second kappa shape index (κ2) is 3.36. The Morgan fingerprint density at radius 3 is 2.73 bits per heavy atom. The fourth-order valence-corrected chi connectivity index (χ4v) is 1.73. The predicted molar refractivity (Wildman–Crippen MR) is 57.2 cm³/mol. The Labute approximate surface area is 87.7 Å². The van der Waals surface area contributed by atoms with Gasteiger partial charge >= 0.3 is 0 Å². The molecule has 0 aromatic heterocycles. The smallest absolute Gasteiger partial charge is 0.183 e. The van der Waals surface area contributed by atoms with Gasteiger partial charge in [0.05, 0.1) is 11.4 Å². The highest BCUT2D eigenvalue weighted by Gasteiger charge is 2.25. The lowest BCUT2D eigenvalue weighted by atomic mass is 10.0. The van der Waals surface area contributed by atoms with Crippen LogP contribution < -0.4 is 10.6 Å². The number of nitrogens with one attached hydrogen (secondary N) is 2. The Balaban J connectivity index is 2.49. The first-order valence-electron chi connectivity index (χ1n) is 5.00. The van der Waals surface area contributed by atoms with Gasteiger partial charge in [-0.1, -0.05) is 0 Å². The molecule has 0 saturated heterocycles. The summed E-state index contributed by atoms with van der Waals surface area (Å²) in [7, 11) is 0. The Hall–Kier alpha value is -1.32. The minimum Gasteiger partial charge on any atom is -0.383 e. The third kappa shape index (κ3) is 1.89. The van der Waals surface area contributed by atoms with Gasteiger partial charge < -0.3 is 10.6 Å². The van der Waals surface area contributed by atoms with Gasteiger partial charge in [0.25, 0.3) is 0 Å². The van der Waals surface area contributed by atoms with Crippen molar-refractivity contribution >= 4 is 11.4 Å². The first kappa shape index (κ1) is 10.2. The van der Waals surface area contributed by atoms with E-state index in [2.05, 4.69) is 10.6 Å². The first-order chi connectivity index (χ1) is 6.99. The topological polar surface area (TPSA) is 24.1 Å². The maximum atomic E-state index is 13.5. The summed E-state index contributed by atoms with van der Waals surface area (Å²) >= 11 is 0. The van der Waals surface area contributed by atoms with Crippen LogP contribution in [0.5, 0.6) is 0 Å². The molecule has 0 aliphatic carbocycles. The average molecular weight is 212 g/mol. The zero-order valence-corrected chi connectivity index (χ0v) is 8.82. The maximum Gasteiger partial charge on any atom is 0.183 e. The SMILES string of the molecule is CC1(C)CCNc2ccc(F)c(F)c2N1. The van der Waals surface area contributed by atoms with Crippen LogP contribution in [0.3, 0.4) is 0 Å². The van der Waals surface area contributed by atoms with Crippen molar-refractivity contribution in [1.29, 1.82) is 0 Å². The third-order valence-electron chi connectivity index (χ3n) is 2.62. The van der Waals surface area contributed by atoms with Crippen LogP contribution in [0.1, 0.15) is 20.3 Å². The molecule has 0 unspecified atom stereocenters. The molecule has 0 atom stereocenters. The van der Waals surface area contributed by atoms with Crippen LogP contribution in [0.15, 0.2) is 12.1 Å². The van der Waals surface area contributed by atoms with Crippen molar-refractivity contribution < 1.29 is 8.78 Å². The van der Waals surface area contributed by atoms with Gasteiger partial charge in [-0.15, -0.1) is 0 Å². The molecule has 1 heterocycles. The zero-order valence-electron chi connectivity index (χ0n) is 8.82. The fraction of sp³-hybridized carbons (Fsp3) is 0.455. The summed E-state index contributed by atoms with van der Waals surface area (Å²) in [5.74, 6) is -1.63. The average Bonchev–Trinajstić information content (AvgIpc) is 2.30. The number of hydrogen-bond acceptors (Lipinski definition) is 2. The summed E-state index contributed by atoms with van der Waals surface area (Å²) in [5.41, 5.74) is 0.629. The Bertz CT molecular complexity index is 388. The highest BCUT2D eigenvalue weighted by Crippen LogP contribution is 2.33. The van der Waals surface area contributed by atoms with E-state index in [1.54, 1.807) is 6.07 Å². The van der Waals surface area contributed by atoms with Crippen LogP contribution in [0.25, 0.3) is 0 Å². The van der Waals surface area contributed by atoms with E-state index in [1.807, 2.05) is 13.8 Å². The molecule has 82 valence electrons. The number of anilines is 2. The molecule has 1 aromatic carbocycles. The van der Waals surface area contributed by atoms with Crippen molar-refractivity contribution in [3.05, 3.63) is 23.8 Å². The van der Waals surface area contributed by atoms with Gasteiger partial charge in [-0.3, -0.25) is 0 Å². The summed E-state index contributed by atoms with van der Waals surface area (Å²) in [6.07, 6.45) is 0.850. The largest absolute Gasteiger partial charge is 0.383 e. The van der Waals surface area contributed by atoms with E-state index in [4.69, 9.17) is 0 Å². The molecule has 0 fully saturated rings. The Morgan fingerprint density at radius 2 is 2.00 bits per heavy atom. The highest BCUT2D eigenvalue weighted by atomic mass is 19.2. The van der Waals surface area contributed by atoms with Crippen LogP contribution in [0.4, 0.5) is 20.2 Å². The molecule has 0 spiro atoms. The van der Waals surface area contributed by atoms with Gasteiger partial charge in [0.2, 0.25) is 0 Å². The lowest BCUT2D eigenvalue weighted by molar-refractivity contribution is 0.500. The second-order valence-electron chi connectivity index (χ2n) is 4.47. The quantitative estimate of drug-likeness (QED) is 0.690. The molecule has 2 rings (SSSR count). The Kier molecular flexibility index (Phi) is 2.29. The van der Waals surface area contributed by atoms with Crippen molar-refractivity contribution in [3.63, 3.8) is 0 Å². The molecule has 0 amide bonds. The number of hydrogen-bond donors (Lipinski definition) is 2. The van der Waals surface area contributed by atoms with Crippen molar-refractivity contribution in [2.75, 3.05) is 17.2 Å². The Morgan fingerprint density at radius 1 is 1.27 bits per heavy atom. The van der Waals surface area contributed by atoms with Crippen molar-refractivity contribution in [2.24, 2.45) is 0 Å². The van der Waals surface area contributed by atoms with E-state index in [-0.39, 0.29) is 11.2 Å². The predicted octanol–water partition coefficient (Wildman–Crippen LogP) is 2.97. The summed E-state index contributed by atoms with van der Waals surface area (Å²) in [6, 6.07) is 2.70. The number of fused-ring (bicyclic) bond motifs is 1. The maximum absolute atomic E-state index is 13.5. The minimum absolute atomic E-state index is 0.229.